The number of nitrogen functional groups attached to an aromatic ring is 1. The van der Waals surface area contributed by atoms with Crippen molar-refractivity contribution in [3.8, 4) is 11.6 Å². The second-order valence-electron chi connectivity index (χ2n) is 10.3. The molecule has 0 radical (unpaired) electrons. The van der Waals surface area contributed by atoms with E-state index in [-0.39, 0.29) is 29.5 Å². The predicted molar refractivity (Wildman–Crippen MR) is 157 cm³/mol. The first-order chi connectivity index (χ1) is 20.7. The third-order valence-corrected chi connectivity index (χ3v) is 8.26. The van der Waals surface area contributed by atoms with E-state index in [4.69, 9.17) is 10.2 Å². The van der Waals surface area contributed by atoms with Crippen LogP contribution in [0.4, 0.5) is 20.4 Å². The van der Waals surface area contributed by atoms with Crippen LogP contribution in [0.1, 0.15) is 10.4 Å². The van der Waals surface area contributed by atoms with Crippen molar-refractivity contribution >= 4 is 45.0 Å². The van der Waals surface area contributed by atoms with E-state index >= 15 is 0 Å². The number of carbonyl (C=O) groups is 1. The molecule has 4 aromatic heterocycles. The van der Waals surface area contributed by atoms with E-state index in [0.29, 0.717) is 67.5 Å². The summed E-state index contributed by atoms with van der Waals surface area (Å²) in [6.45, 7) is 3.61. The summed E-state index contributed by atoms with van der Waals surface area (Å²) in [6, 6.07) is 5.55. The van der Waals surface area contributed by atoms with Crippen molar-refractivity contribution in [3.05, 3.63) is 53.9 Å². The van der Waals surface area contributed by atoms with Gasteiger partial charge in [-0.2, -0.15) is 14.6 Å². The fourth-order valence-electron chi connectivity index (χ4n) is 5.10. The number of halogens is 2. The van der Waals surface area contributed by atoms with Gasteiger partial charge in [0.25, 0.3) is 5.91 Å². The minimum absolute atomic E-state index is 0.175. The maximum atomic E-state index is 14.8. The Bertz CT molecular complexity index is 1810. The zero-order chi connectivity index (χ0) is 30.2. The Morgan fingerprint density at radius 2 is 1.91 bits per heavy atom. The lowest BCUT2D eigenvalue weighted by Gasteiger charge is -2.36. The molecule has 1 amide bonds. The van der Waals surface area contributed by atoms with Crippen molar-refractivity contribution in [2.75, 3.05) is 69.0 Å². The number of benzene rings is 1. The third-order valence-electron chi connectivity index (χ3n) is 7.51. The predicted octanol–water partition coefficient (Wildman–Crippen LogP) is 1.87. The van der Waals surface area contributed by atoms with E-state index in [2.05, 4.69) is 25.1 Å². The minimum Gasteiger partial charge on any atom is -0.461 e. The maximum absolute atomic E-state index is 14.8. The third kappa shape index (κ3) is 5.67. The van der Waals surface area contributed by atoms with Crippen LogP contribution in [0.5, 0.6) is 0 Å². The first kappa shape index (κ1) is 28.7. The minimum atomic E-state index is -1.09. The molecule has 1 atom stereocenters. The molecule has 1 aliphatic heterocycles. The standard InChI is InChI=1S/C27H30F2N10O3S/c1-35(11-13-43(2)41)26(40)17-14-21(20(29)15-19(17)28)37-8-5-36(6-9-37)7-10-38-24-18(16-31-38)25-32-23(22-4-3-12-42-22)34-39(25)27(30)33-24/h3-4,12,14-16H,5-11,13H2,1-2H3,(H2,30,33)/t43-/m1/s1. The molecule has 0 bridgehead atoms. The number of hydrogen-bond donors (Lipinski definition) is 1. The molecule has 1 aliphatic rings. The quantitative estimate of drug-likeness (QED) is 0.262. The maximum Gasteiger partial charge on any atom is 0.256 e. The van der Waals surface area contributed by atoms with Crippen molar-refractivity contribution in [3.63, 3.8) is 0 Å². The highest BCUT2D eigenvalue weighted by molar-refractivity contribution is 7.84. The zero-order valence-corrected chi connectivity index (χ0v) is 24.4. The SMILES string of the molecule is CN(CC[S@@](C)=O)C(=O)c1cc(N2CCN(CCn3ncc4c3nc(N)n3nc(-c5ccco5)nc43)CC2)c(F)cc1F. The lowest BCUT2D eigenvalue weighted by Crippen LogP contribution is -2.47. The largest absolute Gasteiger partial charge is 0.461 e. The van der Waals surface area contributed by atoms with Gasteiger partial charge < -0.3 is 20.0 Å². The monoisotopic (exact) mass is 612 g/mol. The van der Waals surface area contributed by atoms with Crippen LogP contribution in [-0.4, -0.2) is 108 Å². The van der Waals surface area contributed by atoms with E-state index in [1.807, 2.05) is 4.90 Å². The molecule has 2 N–H and O–H groups in total. The van der Waals surface area contributed by atoms with Gasteiger partial charge in [0, 0.05) is 75.2 Å². The van der Waals surface area contributed by atoms with Crippen LogP contribution >= 0.6 is 0 Å². The van der Waals surface area contributed by atoms with E-state index in [0.717, 1.165) is 6.07 Å². The molecule has 5 heterocycles. The molecule has 1 aromatic carbocycles. The topological polar surface area (TPSA) is 144 Å². The number of fused-ring (bicyclic) bond motifs is 3. The molecular weight excluding hydrogens is 582 g/mol. The summed E-state index contributed by atoms with van der Waals surface area (Å²) in [6.07, 6.45) is 4.77. The van der Waals surface area contributed by atoms with Crippen LogP contribution in [0.3, 0.4) is 0 Å². The summed E-state index contributed by atoms with van der Waals surface area (Å²) in [5.74, 6) is -0.860. The molecule has 5 aromatic rings. The molecule has 0 aliphatic carbocycles. The Labute approximate surface area is 247 Å². The van der Waals surface area contributed by atoms with Crippen molar-refractivity contribution in [1.29, 1.82) is 0 Å². The summed E-state index contributed by atoms with van der Waals surface area (Å²) in [5.41, 5.74) is 7.28. The average molecular weight is 613 g/mol. The number of piperazine rings is 1. The summed E-state index contributed by atoms with van der Waals surface area (Å²) >= 11 is 0. The Hall–Kier alpha value is -4.44. The van der Waals surface area contributed by atoms with E-state index in [1.54, 1.807) is 29.3 Å². The van der Waals surface area contributed by atoms with Crippen molar-refractivity contribution in [2.45, 2.75) is 6.54 Å². The fraction of sp³-hybridized carbons (Fsp3) is 0.370. The van der Waals surface area contributed by atoms with Crippen LogP contribution in [0.2, 0.25) is 0 Å². The van der Waals surface area contributed by atoms with E-state index < -0.39 is 28.3 Å². The number of rotatable bonds is 9. The van der Waals surface area contributed by atoms with Crippen LogP contribution in [0, 0.1) is 11.6 Å². The van der Waals surface area contributed by atoms with Gasteiger partial charge in [-0.25, -0.2) is 18.4 Å². The van der Waals surface area contributed by atoms with E-state index in [1.165, 1.54) is 28.8 Å². The number of aromatic nitrogens is 6. The summed E-state index contributed by atoms with van der Waals surface area (Å²) in [4.78, 5) is 27.2. The van der Waals surface area contributed by atoms with Crippen LogP contribution in [0.15, 0.2) is 41.1 Å². The van der Waals surface area contributed by atoms with Crippen molar-refractivity contribution in [1.82, 2.24) is 39.2 Å². The number of carbonyl (C=O) groups excluding carboxylic acids is 1. The lowest BCUT2D eigenvalue weighted by molar-refractivity contribution is 0.0799. The van der Waals surface area contributed by atoms with Crippen LogP contribution in [-0.2, 0) is 17.3 Å². The van der Waals surface area contributed by atoms with Crippen molar-refractivity contribution in [2.24, 2.45) is 0 Å². The first-order valence-electron chi connectivity index (χ1n) is 13.6. The molecule has 0 unspecified atom stereocenters. The van der Waals surface area contributed by atoms with Gasteiger partial charge >= 0.3 is 0 Å². The molecule has 16 heteroatoms. The van der Waals surface area contributed by atoms with Gasteiger partial charge in [-0.1, -0.05) is 0 Å². The van der Waals surface area contributed by atoms with Crippen LogP contribution < -0.4 is 10.6 Å². The highest BCUT2D eigenvalue weighted by atomic mass is 32.2. The molecular formula is C27H30F2N10O3S. The summed E-state index contributed by atoms with van der Waals surface area (Å²) in [7, 11) is 0.415. The molecule has 0 spiro atoms. The lowest BCUT2D eigenvalue weighted by atomic mass is 10.1. The zero-order valence-electron chi connectivity index (χ0n) is 23.6. The number of furan rings is 1. The Morgan fingerprint density at radius 1 is 1.12 bits per heavy atom. The summed E-state index contributed by atoms with van der Waals surface area (Å²) in [5, 5.41) is 9.62. The van der Waals surface area contributed by atoms with Gasteiger partial charge in [-0.3, -0.25) is 13.9 Å². The molecule has 1 fully saturated rings. The van der Waals surface area contributed by atoms with Gasteiger partial charge in [0.1, 0.15) is 11.6 Å². The number of anilines is 2. The van der Waals surface area contributed by atoms with Gasteiger partial charge in [0.05, 0.1) is 35.6 Å². The normalized spacial score (nSPS) is 15.0. The van der Waals surface area contributed by atoms with E-state index in [9.17, 15) is 17.8 Å². The fourth-order valence-corrected chi connectivity index (χ4v) is 5.63. The van der Waals surface area contributed by atoms with Crippen LogP contribution in [0.25, 0.3) is 28.3 Å². The second-order valence-corrected chi connectivity index (χ2v) is 11.9. The Morgan fingerprint density at radius 3 is 2.63 bits per heavy atom. The highest BCUT2D eigenvalue weighted by Crippen LogP contribution is 2.26. The smallest absolute Gasteiger partial charge is 0.256 e. The second kappa shape index (κ2) is 11.7. The van der Waals surface area contributed by atoms with Gasteiger partial charge in [0.2, 0.25) is 11.8 Å². The van der Waals surface area contributed by atoms with Gasteiger partial charge in [0.15, 0.2) is 17.1 Å². The number of amides is 1. The number of hydrogen-bond acceptors (Lipinski definition) is 10. The molecule has 1 saturated heterocycles. The highest BCUT2D eigenvalue weighted by Gasteiger charge is 2.25. The Balaban J connectivity index is 1.11. The molecule has 6 rings (SSSR count). The molecule has 43 heavy (non-hydrogen) atoms. The van der Waals surface area contributed by atoms with Gasteiger partial charge in [-0.05, 0) is 18.2 Å². The number of nitrogens with two attached hydrogens (primary N) is 1. The number of nitrogens with zero attached hydrogens (tertiary/aromatic N) is 9. The van der Waals surface area contributed by atoms with Gasteiger partial charge in [-0.15, -0.1) is 5.10 Å². The molecule has 13 nitrogen and oxygen atoms in total. The molecule has 226 valence electrons. The average Bonchev–Trinajstić information content (AvgIpc) is 3.75. The molecule has 0 saturated carbocycles. The van der Waals surface area contributed by atoms with Crippen molar-refractivity contribution < 1.29 is 22.2 Å². The first-order valence-corrected chi connectivity index (χ1v) is 15.4. The summed E-state index contributed by atoms with van der Waals surface area (Å²) < 4.78 is 49.4. The Kier molecular flexibility index (Phi) is 7.79.